The molecule has 39 heavy (non-hydrogen) atoms. The third kappa shape index (κ3) is 6.57. The molecular formula is C29H37N7O3. The van der Waals surface area contributed by atoms with E-state index in [1.807, 2.05) is 51.1 Å². The second kappa shape index (κ2) is 11.6. The Morgan fingerprint density at radius 3 is 2.44 bits per heavy atom. The summed E-state index contributed by atoms with van der Waals surface area (Å²) in [5.41, 5.74) is 11.0. The van der Waals surface area contributed by atoms with Gasteiger partial charge in [-0.3, -0.25) is 14.5 Å². The SMILES string of the molecule is CC(C)(C)OC(=O)N1CCCCC1.CN/C=C(\N)c1ccc(-c2ccc3ncc4c([nH]c(=O)n4C)c3c2)cn1. The zero-order valence-electron chi connectivity index (χ0n) is 23.2. The van der Waals surface area contributed by atoms with Crippen molar-refractivity contribution in [3.63, 3.8) is 0 Å². The van der Waals surface area contributed by atoms with Crippen LogP contribution in [0.2, 0.25) is 0 Å². The van der Waals surface area contributed by atoms with Crippen LogP contribution in [0.15, 0.2) is 53.7 Å². The van der Waals surface area contributed by atoms with Crippen molar-refractivity contribution in [3.8, 4) is 11.1 Å². The summed E-state index contributed by atoms with van der Waals surface area (Å²) in [5.74, 6) is 0. The quantitative estimate of drug-likeness (QED) is 0.358. The maximum absolute atomic E-state index is 11.9. The van der Waals surface area contributed by atoms with Crippen molar-refractivity contribution in [2.24, 2.45) is 12.8 Å². The third-order valence-corrected chi connectivity index (χ3v) is 6.45. The first-order valence-corrected chi connectivity index (χ1v) is 13.1. The van der Waals surface area contributed by atoms with Gasteiger partial charge in [0.2, 0.25) is 0 Å². The van der Waals surface area contributed by atoms with Crippen molar-refractivity contribution < 1.29 is 9.53 Å². The van der Waals surface area contributed by atoms with Crippen LogP contribution in [0.25, 0.3) is 38.8 Å². The number of piperidine rings is 1. The molecule has 1 fully saturated rings. The van der Waals surface area contributed by atoms with Crippen LogP contribution < -0.4 is 16.7 Å². The van der Waals surface area contributed by atoms with Crippen LogP contribution in [-0.4, -0.2) is 56.3 Å². The highest BCUT2D eigenvalue weighted by molar-refractivity contribution is 6.03. The molecule has 10 heteroatoms. The van der Waals surface area contributed by atoms with Crippen molar-refractivity contribution in [1.29, 1.82) is 0 Å². The molecule has 1 aliphatic rings. The molecule has 0 aliphatic carbocycles. The molecule has 5 rings (SSSR count). The number of aryl methyl sites for hydroxylation is 1. The first-order valence-electron chi connectivity index (χ1n) is 13.1. The van der Waals surface area contributed by atoms with E-state index in [4.69, 9.17) is 10.5 Å². The number of nitrogens with one attached hydrogen (secondary N) is 2. The fourth-order valence-electron chi connectivity index (χ4n) is 4.42. The number of rotatable bonds is 3. The van der Waals surface area contributed by atoms with Crippen LogP contribution >= 0.6 is 0 Å². The zero-order chi connectivity index (χ0) is 28.2. The predicted octanol–water partition coefficient (Wildman–Crippen LogP) is 4.36. The molecule has 0 atom stereocenters. The molecule has 4 heterocycles. The summed E-state index contributed by atoms with van der Waals surface area (Å²) in [6.07, 6.45) is 8.49. The summed E-state index contributed by atoms with van der Waals surface area (Å²) in [4.78, 5) is 37.0. The van der Waals surface area contributed by atoms with E-state index in [2.05, 4.69) is 20.3 Å². The molecule has 10 nitrogen and oxygen atoms in total. The van der Waals surface area contributed by atoms with E-state index in [0.29, 0.717) is 11.4 Å². The number of hydrogen-bond donors (Lipinski definition) is 3. The number of nitrogens with zero attached hydrogens (tertiary/aromatic N) is 4. The van der Waals surface area contributed by atoms with Crippen molar-refractivity contribution in [3.05, 3.63) is 65.1 Å². The average Bonchev–Trinajstić information content (AvgIpc) is 3.22. The Labute approximate surface area is 227 Å². The number of aromatic amines is 1. The lowest BCUT2D eigenvalue weighted by molar-refractivity contribution is 0.0216. The predicted molar refractivity (Wildman–Crippen MR) is 155 cm³/mol. The van der Waals surface area contributed by atoms with E-state index in [9.17, 15) is 9.59 Å². The van der Waals surface area contributed by atoms with Gasteiger partial charge in [0.1, 0.15) is 5.60 Å². The van der Waals surface area contributed by atoms with E-state index < -0.39 is 0 Å². The molecule has 3 aromatic heterocycles. The number of imidazole rings is 1. The van der Waals surface area contributed by atoms with Crippen molar-refractivity contribution >= 4 is 33.7 Å². The van der Waals surface area contributed by atoms with Crippen LogP contribution in [0.3, 0.4) is 0 Å². The van der Waals surface area contributed by atoms with Gasteiger partial charge in [-0.25, -0.2) is 9.59 Å². The second-order valence-electron chi connectivity index (χ2n) is 10.6. The number of hydrogen-bond acceptors (Lipinski definition) is 7. The van der Waals surface area contributed by atoms with E-state index in [1.54, 1.807) is 42.2 Å². The molecule has 1 amide bonds. The number of ether oxygens (including phenoxy) is 1. The normalized spacial score (nSPS) is 14.2. The summed E-state index contributed by atoms with van der Waals surface area (Å²) in [6, 6.07) is 9.81. The van der Waals surface area contributed by atoms with Gasteiger partial charge in [-0.15, -0.1) is 0 Å². The molecule has 4 aromatic rings. The summed E-state index contributed by atoms with van der Waals surface area (Å²) in [7, 11) is 3.52. The number of likely N-dealkylation sites (tertiary alicyclic amines) is 1. The molecule has 1 saturated heterocycles. The Morgan fingerprint density at radius 2 is 1.79 bits per heavy atom. The van der Waals surface area contributed by atoms with Gasteiger partial charge in [-0.1, -0.05) is 12.1 Å². The average molecular weight is 532 g/mol. The van der Waals surface area contributed by atoms with Gasteiger partial charge in [0.25, 0.3) is 0 Å². The van der Waals surface area contributed by atoms with Gasteiger partial charge in [-0.2, -0.15) is 0 Å². The van der Waals surface area contributed by atoms with Crippen LogP contribution in [0.1, 0.15) is 45.7 Å². The van der Waals surface area contributed by atoms with Gasteiger partial charge in [0, 0.05) is 50.5 Å². The summed E-state index contributed by atoms with van der Waals surface area (Å²) in [5, 5.41) is 3.79. The minimum Gasteiger partial charge on any atom is -0.444 e. The third-order valence-electron chi connectivity index (χ3n) is 6.45. The molecule has 0 radical (unpaired) electrons. The highest BCUT2D eigenvalue weighted by Crippen LogP contribution is 2.27. The number of aromatic nitrogens is 4. The summed E-state index contributed by atoms with van der Waals surface area (Å²) < 4.78 is 6.82. The maximum atomic E-state index is 11.9. The lowest BCUT2D eigenvalue weighted by Gasteiger charge is -2.29. The largest absolute Gasteiger partial charge is 0.444 e. The minimum absolute atomic E-state index is 0.155. The van der Waals surface area contributed by atoms with Gasteiger partial charge in [0.15, 0.2) is 0 Å². The molecule has 206 valence electrons. The summed E-state index contributed by atoms with van der Waals surface area (Å²) >= 11 is 0. The molecule has 0 unspecified atom stereocenters. The Kier molecular flexibility index (Phi) is 8.23. The smallest absolute Gasteiger partial charge is 0.410 e. The van der Waals surface area contributed by atoms with Crippen molar-refractivity contribution in [2.75, 3.05) is 20.1 Å². The van der Waals surface area contributed by atoms with E-state index in [-0.39, 0.29) is 17.4 Å². The van der Waals surface area contributed by atoms with Gasteiger partial charge in [0.05, 0.1) is 34.1 Å². The minimum atomic E-state index is -0.367. The fraction of sp³-hybridized carbons (Fsp3) is 0.379. The number of pyridine rings is 2. The molecule has 0 bridgehead atoms. The van der Waals surface area contributed by atoms with Crippen LogP contribution in [-0.2, 0) is 11.8 Å². The fourth-order valence-corrected chi connectivity index (χ4v) is 4.42. The molecule has 1 aliphatic heterocycles. The van der Waals surface area contributed by atoms with Gasteiger partial charge >= 0.3 is 11.8 Å². The molecule has 0 saturated carbocycles. The number of carbonyl (C=O) groups is 1. The highest BCUT2D eigenvalue weighted by Gasteiger charge is 2.23. The van der Waals surface area contributed by atoms with Crippen LogP contribution in [0.4, 0.5) is 4.79 Å². The highest BCUT2D eigenvalue weighted by atomic mass is 16.6. The van der Waals surface area contributed by atoms with Crippen molar-refractivity contribution in [1.82, 2.24) is 29.7 Å². The first kappa shape index (κ1) is 27.7. The summed E-state index contributed by atoms with van der Waals surface area (Å²) in [6.45, 7) is 7.41. The second-order valence-corrected chi connectivity index (χ2v) is 10.6. The van der Waals surface area contributed by atoms with E-state index in [1.165, 1.54) is 6.42 Å². The topological polar surface area (TPSA) is 131 Å². The maximum Gasteiger partial charge on any atom is 0.410 e. The molecule has 1 aromatic carbocycles. The first-order chi connectivity index (χ1) is 18.6. The Hall–Kier alpha value is -4.34. The number of fused-ring (bicyclic) bond motifs is 3. The number of nitrogens with two attached hydrogens (primary N) is 1. The zero-order valence-corrected chi connectivity index (χ0v) is 23.2. The Balaban J connectivity index is 0.000000229. The lowest BCUT2D eigenvalue weighted by Crippen LogP contribution is -2.39. The number of carbonyl (C=O) groups excluding carboxylic acids is 1. The van der Waals surface area contributed by atoms with Crippen LogP contribution in [0, 0.1) is 0 Å². The molecular weight excluding hydrogens is 494 g/mol. The monoisotopic (exact) mass is 531 g/mol. The van der Waals surface area contributed by atoms with E-state index in [0.717, 1.165) is 59.0 Å². The van der Waals surface area contributed by atoms with Crippen LogP contribution in [0.5, 0.6) is 0 Å². The number of H-pyrrole nitrogens is 1. The molecule has 0 spiro atoms. The van der Waals surface area contributed by atoms with E-state index >= 15 is 0 Å². The number of benzene rings is 1. The van der Waals surface area contributed by atoms with Gasteiger partial charge in [-0.05, 0) is 63.8 Å². The van der Waals surface area contributed by atoms with Crippen molar-refractivity contribution in [2.45, 2.75) is 45.6 Å². The van der Waals surface area contributed by atoms with Gasteiger partial charge < -0.3 is 25.7 Å². The standard InChI is InChI=1S/C19H18N6O.C10H19NO2/c1-21-9-14(20)16-6-4-12(8-22-16)11-3-5-15-13(7-11)18-17(10-23-15)25(2)19(26)24-18;1-10(2,3)13-9(12)11-7-5-4-6-8-11/h3-10,21H,20H2,1-2H3,(H,24,26);4-8H2,1-3H3/b14-9-;. The number of amides is 1. The lowest BCUT2D eigenvalue weighted by atomic mass is 10.0. The Morgan fingerprint density at radius 1 is 1.08 bits per heavy atom. The Bertz CT molecular complexity index is 1540. The molecule has 4 N–H and O–H groups in total.